The number of nitro benzene ring substituents is 1. The number of nitro groups is 1. The van der Waals surface area contributed by atoms with Crippen LogP contribution in [0, 0.1) is 17.0 Å². The second-order valence-corrected chi connectivity index (χ2v) is 9.19. The van der Waals surface area contributed by atoms with Crippen LogP contribution in [0.25, 0.3) is 22.2 Å². The van der Waals surface area contributed by atoms with Crippen LogP contribution in [0.1, 0.15) is 16.1 Å². The number of carbonyl (C=O) groups excluding carboxylic acids is 1. The van der Waals surface area contributed by atoms with Gasteiger partial charge in [0.25, 0.3) is 11.6 Å². The number of nitrogens with zero attached hydrogens (tertiary/aromatic N) is 6. The number of hydrogen-bond donors (Lipinski definition) is 2. The summed E-state index contributed by atoms with van der Waals surface area (Å²) in [4.78, 5) is 36.7. The molecule has 0 saturated heterocycles. The lowest BCUT2D eigenvalue weighted by molar-refractivity contribution is -0.384. The number of nitrogens with two attached hydrogens (primary N) is 1. The summed E-state index contributed by atoms with van der Waals surface area (Å²) < 4.78 is 1.75. The predicted molar refractivity (Wildman–Crippen MR) is 145 cm³/mol. The van der Waals surface area contributed by atoms with Crippen LogP contribution in [0.3, 0.4) is 0 Å². The van der Waals surface area contributed by atoms with Gasteiger partial charge in [-0.25, -0.2) is 9.97 Å². The number of likely N-dealkylation sites (N-methyl/N-ethyl adjacent to an activating group) is 2. The molecular formula is C26H30N8O3. The minimum absolute atomic E-state index is 0.0180. The molecule has 4 rings (SSSR count). The molecule has 2 heterocycles. The Bertz CT molecular complexity index is 1490. The van der Waals surface area contributed by atoms with Crippen LogP contribution >= 0.6 is 0 Å². The van der Waals surface area contributed by atoms with Gasteiger partial charge < -0.3 is 25.4 Å². The van der Waals surface area contributed by atoms with Crippen LogP contribution in [0.2, 0.25) is 0 Å². The Morgan fingerprint density at radius 2 is 1.89 bits per heavy atom. The van der Waals surface area contributed by atoms with E-state index in [9.17, 15) is 14.9 Å². The summed E-state index contributed by atoms with van der Waals surface area (Å²) >= 11 is 0. The van der Waals surface area contributed by atoms with Crippen molar-refractivity contribution in [1.29, 1.82) is 0 Å². The first-order valence-electron chi connectivity index (χ1n) is 11.7. The highest BCUT2D eigenvalue weighted by Gasteiger charge is 2.23. The van der Waals surface area contributed by atoms with E-state index in [2.05, 4.69) is 15.3 Å². The second kappa shape index (κ2) is 10.2. The molecular weight excluding hydrogens is 472 g/mol. The zero-order chi connectivity index (χ0) is 26.9. The normalized spacial score (nSPS) is 11.2. The van der Waals surface area contributed by atoms with Crippen molar-refractivity contribution in [3.8, 4) is 11.3 Å². The molecule has 0 unspecified atom stereocenters. The van der Waals surface area contributed by atoms with Crippen molar-refractivity contribution in [2.24, 2.45) is 12.8 Å². The van der Waals surface area contributed by atoms with Crippen LogP contribution < -0.4 is 16.0 Å². The number of nitrogens with one attached hydrogen (secondary N) is 1. The molecule has 192 valence electrons. The average molecular weight is 503 g/mol. The van der Waals surface area contributed by atoms with Gasteiger partial charge in [-0.2, -0.15) is 0 Å². The Morgan fingerprint density at radius 1 is 1.16 bits per heavy atom. The summed E-state index contributed by atoms with van der Waals surface area (Å²) in [7, 11) is 7.54. The average Bonchev–Trinajstić information content (AvgIpc) is 3.16. The van der Waals surface area contributed by atoms with E-state index in [4.69, 9.17) is 5.73 Å². The molecule has 0 spiro atoms. The summed E-state index contributed by atoms with van der Waals surface area (Å²) in [6.45, 7) is 3.27. The Balaban J connectivity index is 1.74. The standard InChI is InChI=1S/C26H30N8O3/c1-16-14-21(32(4)13-12-31(2)3)22(34(36)37)15-19(16)30-26-28-11-10-18(29-26)23-17-8-6-7-9-20(17)33(5)24(23)25(27)35/h6-11,14-15H,12-13H2,1-5H3,(H2,27,35)(H,28,29,30). The zero-order valence-electron chi connectivity index (χ0n) is 21.5. The number of rotatable bonds is 9. The second-order valence-electron chi connectivity index (χ2n) is 9.19. The van der Waals surface area contributed by atoms with Gasteiger partial charge in [0, 0.05) is 55.9 Å². The molecule has 3 N–H and O–H groups in total. The molecule has 0 aliphatic carbocycles. The smallest absolute Gasteiger partial charge is 0.294 e. The van der Waals surface area contributed by atoms with E-state index < -0.39 is 10.8 Å². The van der Waals surface area contributed by atoms with Gasteiger partial charge >= 0.3 is 0 Å². The fourth-order valence-corrected chi connectivity index (χ4v) is 4.36. The van der Waals surface area contributed by atoms with Crippen LogP contribution in [0.15, 0.2) is 48.7 Å². The minimum Gasteiger partial charge on any atom is -0.368 e. The number of fused-ring (bicyclic) bond motifs is 1. The first-order valence-corrected chi connectivity index (χ1v) is 11.7. The van der Waals surface area contributed by atoms with E-state index in [0.717, 1.165) is 23.0 Å². The molecule has 4 aromatic rings. The number of aryl methyl sites for hydroxylation is 2. The highest BCUT2D eigenvalue weighted by atomic mass is 16.6. The van der Waals surface area contributed by atoms with Crippen LogP contribution in [-0.4, -0.2) is 64.5 Å². The maximum atomic E-state index is 12.4. The predicted octanol–water partition coefficient (Wildman–Crippen LogP) is 3.69. The van der Waals surface area contributed by atoms with Crippen molar-refractivity contribution in [1.82, 2.24) is 19.4 Å². The number of benzene rings is 2. The van der Waals surface area contributed by atoms with Crippen molar-refractivity contribution >= 4 is 39.8 Å². The highest BCUT2D eigenvalue weighted by Crippen LogP contribution is 2.36. The Morgan fingerprint density at radius 3 is 2.57 bits per heavy atom. The Hall–Kier alpha value is -4.51. The van der Waals surface area contributed by atoms with Crippen LogP contribution in [0.4, 0.5) is 23.0 Å². The maximum Gasteiger partial charge on any atom is 0.294 e. The highest BCUT2D eigenvalue weighted by molar-refractivity contribution is 6.09. The molecule has 0 atom stereocenters. The molecule has 0 saturated carbocycles. The van der Waals surface area contributed by atoms with E-state index in [1.165, 1.54) is 6.07 Å². The summed E-state index contributed by atoms with van der Waals surface area (Å²) in [6, 6.07) is 12.6. The van der Waals surface area contributed by atoms with E-state index in [0.29, 0.717) is 34.9 Å². The van der Waals surface area contributed by atoms with Gasteiger partial charge in [0.2, 0.25) is 5.95 Å². The van der Waals surface area contributed by atoms with Gasteiger partial charge in [-0.1, -0.05) is 18.2 Å². The molecule has 0 bridgehead atoms. The minimum atomic E-state index is -0.567. The van der Waals surface area contributed by atoms with Gasteiger partial charge in [-0.3, -0.25) is 14.9 Å². The third-order valence-corrected chi connectivity index (χ3v) is 6.31. The molecule has 37 heavy (non-hydrogen) atoms. The topological polar surface area (TPSA) is 135 Å². The molecule has 2 aromatic carbocycles. The van der Waals surface area contributed by atoms with Gasteiger partial charge in [0.15, 0.2) is 0 Å². The molecule has 0 fully saturated rings. The third-order valence-electron chi connectivity index (χ3n) is 6.31. The third kappa shape index (κ3) is 5.07. The number of para-hydroxylation sites is 1. The van der Waals surface area contributed by atoms with Crippen molar-refractivity contribution in [3.05, 3.63) is 70.0 Å². The van der Waals surface area contributed by atoms with Crippen molar-refractivity contribution in [2.45, 2.75) is 6.92 Å². The molecule has 11 nitrogen and oxygen atoms in total. The lowest BCUT2D eigenvalue weighted by Gasteiger charge is -2.22. The molecule has 2 aromatic heterocycles. The van der Waals surface area contributed by atoms with E-state index >= 15 is 0 Å². The Labute approximate surface area is 214 Å². The zero-order valence-corrected chi connectivity index (χ0v) is 21.5. The fraction of sp³-hybridized carbons (Fsp3) is 0.269. The monoisotopic (exact) mass is 502 g/mol. The first-order chi connectivity index (χ1) is 17.6. The van der Waals surface area contributed by atoms with E-state index in [1.807, 2.05) is 62.1 Å². The van der Waals surface area contributed by atoms with Gasteiger partial charge in [-0.15, -0.1) is 0 Å². The summed E-state index contributed by atoms with van der Waals surface area (Å²) in [5, 5.41) is 15.9. The quantitative estimate of drug-likeness (QED) is 0.261. The molecule has 1 amide bonds. The maximum absolute atomic E-state index is 12.4. The number of amides is 1. The largest absolute Gasteiger partial charge is 0.368 e. The molecule has 0 radical (unpaired) electrons. The van der Waals surface area contributed by atoms with Crippen molar-refractivity contribution < 1.29 is 9.72 Å². The van der Waals surface area contributed by atoms with E-state index in [1.54, 1.807) is 29.9 Å². The summed E-state index contributed by atoms with van der Waals surface area (Å²) in [5.74, 6) is -0.325. The lowest BCUT2D eigenvalue weighted by atomic mass is 10.1. The Kier molecular flexibility index (Phi) is 7.07. The summed E-state index contributed by atoms with van der Waals surface area (Å²) in [5.41, 5.74) is 9.86. The van der Waals surface area contributed by atoms with E-state index in [-0.39, 0.29) is 11.6 Å². The van der Waals surface area contributed by atoms with Crippen molar-refractivity contribution in [3.63, 3.8) is 0 Å². The molecule has 11 heteroatoms. The van der Waals surface area contributed by atoms with Crippen LogP contribution in [-0.2, 0) is 7.05 Å². The fourth-order valence-electron chi connectivity index (χ4n) is 4.36. The number of aromatic nitrogens is 3. The summed E-state index contributed by atoms with van der Waals surface area (Å²) in [6.07, 6.45) is 1.57. The van der Waals surface area contributed by atoms with Gasteiger partial charge in [0.1, 0.15) is 11.4 Å². The number of carbonyl (C=O) groups is 1. The van der Waals surface area contributed by atoms with Gasteiger partial charge in [-0.05, 0) is 44.8 Å². The lowest BCUT2D eigenvalue weighted by Crippen LogP contribution is -2.29. The van der Waals surface area contributed by atoms with Gasteiger partial charge in [0.05, 0.1) is 16.3 Å². The molecule has 0 aliphatic rings. The number of anilines is 3. The van der Waals surface area contributed by atoms with Crippen molar-refractivity contribution in [2.75, 3.05) is 44.4 Å². The van der Waals surface area contributed by atoms with Crippen LogP contribution in [0.5, 0.6) is 0 Å². The SMILES string of the molecule is Cc1cc(N(C)CCN(C)C)c([N+](=O)[O-])cc1Nc1nccc(-c2c(C(N)=O)n(C)c3ccccc23)n1. The molecule has 0 aliphatic heterocycles. The number of primary amides is 1. The first kappa shape index (κ1) is 25.6. The number of hydrogen-bond acceptors (Lipinski definition) is 8.